The standard InChI is InChI=1S/C47H32O/c1-47(2)40-20-10-8-15-32(40)33-25-24-31(28-41(33)47)44-34-16-6-7-17-35(34)45(36-26-23-30(27-39(36)44)29-13-4-3-5-14-29)38-19-12-22-43-46(38)37-18-9-11-21-42(37)48-43/h3-28H,1-2H3. The smallest absolute Gasteiger partial charge is 0.136 e. The first-order chi connectivity index (χ1) is 23.6. The third-order valence-corrected chi connectivity index (χ3v) is 10.7. The van der Waals surface area contributed by atoms with Crippen molar-refractivity contribution in [1.29, 1.82) is 0 Å². The predicted octanol–water partition coefficient (Wildman–Crippen LogP) is 13.2. The lowest BCUT2D eigenvalue weighted by Gasteiger charge is -2.23. The van der Waals surface area contributed by atoms with E-state index in [1.165, 1.54) is 77.2 Å². The Kier molecular flexibility index (Phi) is 5.69. The number of fused-ring (bicyclic) bond motifs is 8. The molecule has 0 amide bonds. The van der Waals surface area contributed by atoms with Crippen molar-refractivity contribution in [2.24, 2.45) is 0 Å². The van der Waals surface area contributed by atoms with E-state index in [0.29, 0.717) is 0 Å². The first-order valence-electron chi connectivity index (χ1n) is 16.8. The molecule has 0 atom stereocenters. The quantitative estimate of drug-likeness (QED) is 0.181. The van der Waals surface area contributed by atoms with Gasteiger partial charge in [0.15, 0.2) is 0 Å². The average Bonchev–Trinajstić information content (AvgIpc) is 3.63. The molecule has 1 nitrogen and oxygen atoms in total. The molecule has 0 saturated carbocycles. The van der Waals surface area contributed by atoms with E-state index in [9.17, 15) is 0 Å². The zero-order valence-corrected chi connectivity index (χ0v) is 26.9. The molecule has 1 aliphatic carbocycles. The van der Waals surface area contributed by atoms with Gasteiger partial charge in [-0.3, -0.25) is 0 Å². The Bertz CT molecular complexity index is 2740. The zero-order chi connectivity index (χ0) is 32.0. The molecule has 0 radical (unpaired) electrons. The van der Waals surface area contributed by atoms with Crippen LogP contribution in [0, 0.1) is 0 Å². The summed E-state index contributed by atoms with van der Waals surface area (Å²) in [6.45, 7) is 4.73. The Balaban J connectivity index is 1.34. The van der Waals surface area contributed by atoms with Crippen LogP contribution in [0.1, 0.15) is 25.0 Å². The molecule has 226 valence electrons. The van der Waals surface area contributed by atoms with Gasteiger partial charge in [-0.2, -0.15) is 0 Å². The number of rotatable bonds is 3. The summed E-state index contributed by atoms with van der Waals surface area (Å²) in [7, 11) is 0. The van der Waals surface area contributed by atoms with E-state index in [2.05, 4.69) is 166 Å². The Hall–Kier alpha value is -5.92. The fourth-order valence-corrected chi connectivity index (χ4v) is 8.43. The highest BCUT2D eigenvalue weighted by atomic mass is 16.3. The van der Waals surface area contributed by atoms with Crippen LogP contribution in [0.15, 0.2) is 162 Å². The molecule has 0 N–H and O–H groups in total. The van der Waals surface area contributed by atoms with Crippen LogP contribution in [0.4, 0.5) is 0 Å². The van der Waals surface area contributed by atoms with Gasteiger partial charge in [0, 0.05) is 16.2 Å². The minimum Gasteiger partial charge on any atom is -0.456 e. The lowest BCUT2D eigenvalue weighted by atomic mass is 9.80. The molecule has 1 heterocycles. The topological polar surface area (TPSA) is 13.1 Å². The second-order valence-corrected chi connectivity index (χ2v) is 13.6. The molecule has 10 rings (SSSR count). The summed E-state index contributed by atoms with van der Waals surface area (Å²) in [5, 5.41) is 7.30. The maximum Gasteiger partial charge on any atom is 0.136 e. The monoisotopic (exact) mass is 612 g/mol. The van der Waals surface area contributed by atoms with Crippen molar-refractivity contribution in [3.05, 3.63) is 169 Å². The van der Waals surface area contributed by atoms with E-state index in [1.807, 2.05) is 6.07 Å². The van der Waals surface area contributed by atoms with Crippen LogP contribution < -0.4 is 0 Å². The average molecular weight is 613 g/mol. The lowest BCUT2D eigenvalue weighted by Crippen LogP contribution is -2.14. The van der Waals surface area contributed by atoms with Crippen molar-refractivity contribution >= 4 is 43.5 Å². The largest absolute Gasteiger partial charge is 0.456 e. The molecule has 1 aliphatic rings. The Labute approximate surface area is 279 Å². The molecular formula is C47H32O. The van der Waals surface area contributed by atoms with Gasteiger partial charge in [0.05, 0.1) is 0 Å². The van der Waals surface area contributed by atoms with Crippen LogP contribution in [0.25, 0.3) is 88.0 Å². The summed E-state index contributed by atoms with van der Waals surface area (Å²) in [6, 6.07) is 57.7. The Morgan fingerprint density at radius 1 is 0.375 bits per heavy atom. The molecule has 1 aromatic heterocycles. The molecule has 0 saturated heterocycles. The molecule has 48 heavy (non-hydrogen) atoms. The Morgan fingerprint density at radius 2 is 1.00 bits per heavy atom. The normalized spacial score (nSPS) is 13.4. The number of benzene rings is 8. The van der Waals surface area contributed by atoms with Crippen LogP contribution in [-0.2, 0) is 5.41 Å². The van der Waals surface area contributed by atoms with Crippen molar-refractivity contribution in [2.75, 3.05) is 0 Å². The van der Waals surface area contributed by atoms with Gasteiger partial charge in [0.1, 0.15) is 11.2 Å². The second kappa shape index (κ2) is 10.0. The van der Waals surface area contributed by atoms with Crippen molar-refractivity contribution in [2.45, 2.75) is 19.3 Å². The van der Waals surface area contributed by atoms with Crippen molar-refractivity contribution in [1.82, 2.24) is 0 Å². The predicted molar refractivity (Wildman–Crippen MR) is 203 cm³/mol. The van der Waals surface area contributed by atoms with Crippen LogP contribution in [-0.4, -0.2) is 0 Å². The van der Waals surface area contributed by atoms with Gasteiger partial charge < -0.3 is 4.42 Å². The van der Waals surface area contributed by atoms with E-state index in [4.69, 9.17) is 4.42 Å². The number of para-hydroxylation sites is 1. The highest BCUT2D eigenvalue weighted by Crippen LogP contribution is 2.52. The maximum absolute atomic E-state index is 6.40. The number of furan rings is 1. The third-order valence-electron chi connectivity index (χ3n) is 10.7. The van der Waals surface area contributed by atoms with E-state index >= 15 is 0 Å². The lowest BCUT2D eigenvalue weighted by molar-refractivity contribution is 0.660. The number of hydrogen-bond acceptors (Lipinski definition) is 1. The van der Waals surface area contributed by atoms with Gasteiger partial charge in [0.2, 0.25) is 0 Å². The summed E-state index contributed by atoms with van der Waals surface area (Å²) < 4.78 is 6.40. The Morgan fingerprint density at radius 3 is 1.85 bits per heavy atom. The van der Waals surface area contributed by atoms with Crippen molar-refractivity contribution < 1.29 is 4.42 Å². The fourth-order valence-electron chi connectivity index (χ4n) is 8.43. The molecule has 1 heteroatoms. The number of hydrogen-bond donors (Lipinski definition) is 0. The SMILES string of the molecule is CC1(C)c2ccccc2-c2ccc(-c3c4ccccc4c(-c4cccc5oc6ccccc6c45)c4ccc(-c5ccccc5)cc34)cc21. The van der Waals surface area contributed by atoms with Gasteiger partial charge >= 0.3 is 0 Å². The minimum atomic E-state index is -0.0827. The summed E-state index contributed by atoms with van der Waals surface area (Å²) in [4.78, 5) is 0. The van der Waals surface area contributed by atoms with Gasteiger partial charge in [-0.25, -0.2) is 0 Å². The van der Waals surface area contributed by atoms with Crippen LogP contribution in [0.5, 0.6) is 0 Å². The zero-order valence-electron chi connectivity index (χ0n) is 26.9. The first kappa shape index (κ1) is 27.2. The van der Waals surface area contributed by atoms with Crippen LogP contribution in [0.3, 0.4) is 0 Å². The highest BCUT2D eigenvalue weighted by molar-refractivity contribution is 6.26. The van der Waals surface area contributed by atoms with Crippen molar-refractivity contribution in [3.8, 4) is 44.5 Å². The van der Waals surface area contributed by atoms with Gasteiger partial charge in [-0.15, -0.1) is 0 Å². The summed E-state index contributed by atoms with van der Waals surface area (Å²) in [5.41, 5.74) is 14.6. The molecule has 0 fully saturated rings. The molecular weight excluding hydrogens is 581 g/mol. The van der Waals surface area contributed by atoms with Crippen LogP contribution in [0.2, 0.25) is 0 Å². The summed E-state index contributed by atoms with van der Waals surface area (Å²) in [5.74, 6) is 0. The third kappa shape index (κ3) is 3.79. The second-order valence-electron chi connectivity index (χ2n) is 13.6. The molecule has 9 aromatic rings. The molecule has 0 spiro atoms. The van der Waals surface area contributed by atoms with Crippen LogP contribution >= 0.6 is 0 Å². The molecule has 0 unspecified atom stereocenters. The molecule has 0 bridgehead atoms. The van der Waals surface area contributed by atoms with Gasteiger partial charge in [0.25, 0.3) is 0 Å². The van der Waals surface area contributed by atoms with E-state index in [1.54, 1.807) is 0 Å². The minimum absolute atomic E-state index is 0.0827. The maximum atomic E-state index is 6.40. The molecule has 0 aliphatic heterocycles. The summed E-state index contributed by atoms with van der Waals surface area (Å²) in [6.07, 6.45) is 0. The van der Waals surface area contributed by atoms with Gasteiger partial charge in [-0.1, -0.05) is 147 Å². The first-order valence-corrected chi connectivity index (χ1v) is 16.8. The van der Waals surface area contributed by atoms with Crippen molar-refractivity contribution in [3.63, 3.8) is 0 Å². The fraction of sp³-hybridized carbons (Fsp3) is 0.0638. The van der Waals surface area contributed by atoms with E-state index in [0.717, 1.165) is 21.9 Å². The molecule has 8 aromatic carbocycles. The van der Waals surface area contributed by atoms with E-state index < -0.39 is 0 Å². The van der Waals surface area contributed by atoms with Gasteiger partial charge in [-0.05, 0) is 101 Å². The van der Waals surface area contributed by atoms with E-state index in [-0.39, 0.29) is 5.41 Å². The highest BCUT2D eigenvalue weighted by Gasteiger charge is 2.35. The summed E-state index contributed by atoms with van der Waals surface area (Å²) >= 11 is 0.